The highest BCUT2D eigenvalue weighted by molar-refractivity contribution is 5.37. The van der Waals surface area contributed by atoms with Gasteiger partial charge in [0.2, 0.25) is 0 Å². The number of allylic oxidation sites excluding steroid dienone is 3. The van der Waals surface area contributed by atoms with Gasteiger partial charge in [-0.05, 0) is 68.3 Å². The lowest BCUT2D eigenvalue weighted by Gasteiger charge is -2.09. The van der Waals surface area contributed by atoms with Crippen molar-refractivity contribution in [3.8, 4) is 17.2 Å². The number of rotatable bonds is 7. The van der Waals surface area contributed by atoms with Gasteiger partial charge in [0, 0.05) is 0 Å². The number of hydrogen-bond acceptors (Lipinski definition) is 2. The number of aryl methyl sites for hydroxylation is 1. The third-order valence-corrected chi connectivity index (χ3v) is 3.24. The SMILES string of the molecule is CC/C=C\C(=C/CC)Oc1ccc(Oc2ccc(C)cc2)cc1. The minimum atomic E-state index is 0.798. The van der Waals surface area contributed by atoms with Crippen LogP contribution in [0.5, 0.6) is 17.2 Å². The smallest absolute Gasteiger partial charge is 0.127 e. The first-order valence-electron chi connectivity index (χ1n) is 8.10. The third-order valence-electron chi connectivity index (χ3n) is 3.24. The maximum absolute atomic E-state index is 5.90. The summed E-state index contributed by atoms with van der Waals surface area (Å²) in [6, 6.07) is 15.7. The molecule has 0 saturated carbocycles. The van der Waals surface area contributed by atoms with Gasteiger partial charge in [-0.25, -0.2) is 0 Å². The van der Waals surface area contributed by atoms with E-state index in [1.807, 2.05) is 54.6 Å². The molecule has 0 aromatic heterocycles. The van der Waals surface area contributed by atoms with Crippen molar-refractivity contribution in [2.45, 2.75) is 33.6 Å². The zero-order valence-electron chi connectivity index (χ0n) is 14.1. The van der Waals surface area contributed by atoms with Crippen LogP contribution in [0.25, 0.3) is 0 Å². The molecule has 23 heavy (non-hydrogen) atoms. The van der Waals surface area contributed by atoms with Crippen LogP contribution in [0.1, 0.15) is 32.3 Å². The molecule has 0 N–H and O–H groups in total. The first kappa shape index (κ1) is 16.9. The molecule has 0 bridgehead atoms. The van der Waals surface area contributed by atoms with Gasteiger partial charge in [0.05, 0.1) is 0 Å². The number of ether oxygens (including phenoxy) is 2. The third kappa shape index (κ3) is 5.67. The lowest BCUT2D eigenvalue weighted by Crippen LogP contribution is -1.92. The molecule has 0 aliphatic rings. The van der Waals surface area contributed by atoms with E-state index in [4.69, 9.17) is 9.47 Å². The standard InChI is InChI=1S/C21H24O2/c1-4-6-8-18(7-5-2)22-20-13-15-21(16-14-20)23-19-11-9-17(3)10-12-19/h6-16H,4-5H2,1-3H3/b8-6-,18-7+. The first-order valence-corrected chi connectivity index (χ1v) is 8.10. The van der Waals surface area contributed by atoms with Crippen LogP contribution in [0.3, 0.4) is 0 Å². The van der Waals surface area contributed by atoms with Crippen LogP contribution >= 0.6 is 0 Å². The highest BCUT2D eigenvalue weighted by atomic mass is 16.5. The van der Waals surface area contributed by atoms with Crippen molar-refractivity contribution in [1.29, 1.82) is 0 Å². The van der Waals surface area contributed by atoms with E-state index in [1.165, 1.54) is 5.56 Å². The van der Waals surface area contributed by atoms with Crippen LogP contribution in [0, 0.1) is 6.92 Å². The molecule has 0 aliphatic heterocycles. The Morgan fingerprint density at radius 3 is 1.96 bits per heavy atom. The zero-order chi connectivity index (χ0) is 16.5. The summed E-state index contributed by atoms with van der Waals surface area (Å²) in [6.45, 7) is 6.27. The maximum Gasteiger partial charge on any atom is 0.127 e. The molecule has 0 unspecified atom stereocenters. The van der Waals surface area contributed by atoms with Gasteiger partial charge >= 0.3 is 0 Å². The van der Waals surface area contributed by atoms with Crippen molar-refractivity contribution in [3.63, 3.8) is 0 Å². The topological polar surface area (TPSA) is 18.5 Å². The van der Waals surface area contributed by atoms with Crippen LogP contribution in [0.4, 0.5) is 0 Å². The minimum Gasteiger partial charge on any atom is -0.458 e. The Balaban J connectivity index is 2.02. The van der Waals surface area contributed by atoms with Crippen LogP contribution in [-0.4, -0.2) is 0 Å². The molecule has 120 valence electrons. The normalized spacial score (nSPS) is 11.7. The predicted molar refractivity (Wildman–Crippen MR) is 96.1 cm³/mol. The van der Waals surface area contributed by atoms with E-state index in [2.05, 4.69) is 32.9 Å². The van der Waals surface area contributed by atoms with Gasteiger partial charge < -0.3 is 9.47 Å². The van der Waals surface area contributed by atoms with Crippen LogP contribution in [0.15, 0.2) is 72.5 Å². The molecule has 2 aromatic carbocycles. The molecular formula is C21H24O2. The summed E-state index contributed by atoms with van der Waals surface area (Å²) < 4.78 is 11.7. The van der Waals surface area contributed by atoms with Crippen molar-refractivity contribution in [3.05, 3.63) is 78.1 Å². The summed E-state index contributed by atoms with van der Waals surface area (Å²) >= 11 is 0. The zero-order valence-corrected chi connectivity index (χ0v) is 14.1. The number of benzene rings is 2. The van der Waals surface area contributed by atoms with Gasteiger partial charge in [-0.1, -0.05) is 37.6 Å². The fraction of sp³-hybridized carbons (Fsp3) is 0.238. The van der Waals surface area contributed by atoms with E-state index in [0.29, 0.717) is 0 Å². The lowest BCUT2D eigenvalue weighted by molar-refractivity contribution is 0.438. The van der Waals surface area contributed by atoms with E-state index in [9.17, 15) is 0 Å². The largest absolute Gasteiger partial charge is 0.458 e. The Kier molecular flexibility index (Phi) is 6.49. The van der Waals surface area contributed by atoms with Crippen LogP contribution in [0.2, 0.25) is 0 Å². The van der Waals surface area contributed by atoms with Crippen molar-refractivity contribution >= 4 is 0 Å². The molecule has 0 atom stereocenters. The molecular weight excluding hydrogens is 284 g/mol. The van der Waals surface area contributed by atoms with Gasteiger partial charge in [0.1, 0.15) is 23.0 Å². The quantitative estimate of drug-likeness (QED) is 0.433. The molecule has 2 heteroatoms. The Morgan fingerprint density at radius 2 is 1.39 bits per heavy atom. The second-order valence-electron chi connectivity index (χ2n) is 5.31. The van der Waals surface area contributed by atoms with E-state index in [0.717, 1.165) is 35.8 Å². The van der Waals surface area contributed by atoms with Crippen LogP contribution < -0.4 is 9.47 Å². The fourth-order valence-electron chi connectivity index (χ4n) is 2.03. The average molecular weight is 308 g/mol. The summed E-state index contributed by atoms with van der Waals surface area (Å²) in [5, 5.41) is 0. The first-order chi connectivity index (χ1) is 11.2. The lowest BCUT2D eigenvalue weighted by atomic mass is 10.2. The van der Waals surface area contributed by atoms with E-state index in [-0.39, 0.29) is 0 Å². The molecule has 0 spiro atoms. The number of hydrogen-bond donors (Lipinski definition) is 0. The molecule has 2 nitrogen and oxygen atoms in total. The maximum atomic E-state index is 5.90. The molecule has 0 aliphatic carbocycles. The van der Waals surface area contributed by atoms with Gasteiger partial charge in [-0.3, -0.25) is 0 Å². The molecule has 0 heterocycles. The van der Waals surface area contributed by atoms with Gasteiger partial charge in [-0.15, -0.1) is 0 Å². The summed E-state index contributed by atoms with van der Waals surface area (Å²) in [5.74, 6) is 3.32. The van der Waals surface area contributed by atoms with E-state index < -0.39 is 0 Å². The Morgan fingerprint density at radius 1 is 0.826 bits per heavy atom. The monoisotopic (exact) mass is 308 g/mol. The van der Waals surface area contributed by atoms with E-state index in [1.54, 1.807) is 0 Å². The molecule has 0 saturated heterocycles. The summed E-state index contributed by atoms with van der Waals surface area (Å²) in [4.78, 5) is 0. The van der Waals surface area contributed by atoms with Crippen molar-refractivity contribution < 1.29 is 9.47 Å². The highest BCUT2D eigenvalue weighted by Crippen LogP contribution is 2.25. The molecule has 0 amide bonds. The van der Waals surface area contributed by atoms with Gasteiger partial charge in [0.25, 0.3) is 0 Å². The van der Waals surface area contributed by atoms with Crippen molar-refractivity contribution in [1.82, 2.24) is 0 Å². The molecule has 0 fully saturated rings. The van der Waals surface area contributed by atoms with Crippen LogP contribution in [-0.2, 0) is 0 Å². The fourth-order valence-corrected chi connectivity index (χ4v) is 2.03. The highest BCUT2D eigenvalue weighted by Gasteiger charge is 2.00. The Bertz CT molecular complexity index is 649. The second-order valence-corrected chi connectivity index (χ2v) is 5.31. The second kappa shape index (κ2) is 8.84. The Hall–Kier alpha value is -2.48. The summed E-state index contributed by atoms with van der Waals surface area (Å²) in [7, 11) is 0. The summed E-state index contributed by atoms with van der Waals surface area (Å²) in [6.07, 6.45) is 8.12. The predicted octanol–water partition coefficient (Wildman–Crippen LogP) is 6.43. The summed E-state index contributed by atoms with van der Waals surface area (Å²) in [5.41, 5.74) is 1.22. The van der Waals surface area contributed by atoms with Gasteiger partial charge in [-0.2, -0.15) is 0 Å². The molecule has 0 radical (unpaired) electrons. The average Bonchev–Trinajstić information content (AvgIpc) is 2.57. The Labute approximate surface area is 139 Å². The molecule has 2 rings (SSSR count). The van der Waals surface area contributed by atoms with E-state index >= 15 is 0 Å². The molecule has 2 aromatic rings. The van der Waals surface area contributed by atoms with Gasteiger partial charge in [0.15, 0.2) is 0 Å². The van der Waals surface area contributed by atoms with Crippen molar-refractivity contribution in [2.24, 2.45) is 0 Å². The minimum absolute atomic E-state index is 0.798. The van der Waals surface area contributed by atoms with Crippen molar-refractivity contribution in [2.75, 3.05) is 0 Å².